The molecule has 20 heavy (non-hydrogen) atoms. The number of carbonyl (C=O) groups is 1. The number of hydrogen-bond donors (Lipinski definition) is 2. The molecule has 0 aliphatic heterocycles. The van der Waals surface area contributed by atoms with Gasteiger partial charge in [0.05, 0.1) is 6.54 Å². The topological polar surface area (TPSA) is 77.8 Å². The lowest BCUT2D eigenvalue weighted by Crippen LogP contribution is -2.28. The molecule has 0 radical (unpaired) electrons. The standard InChI is InChI=1S/C14H14NO4P/c16-14(15(17)9-4-10-20(18)19)13-8-3-6-11-5-1-2-7-12(11)13/h1-3,5-8,17H,4,9-10H2/p+1. The van der Waals surface area contributed by atoms with Crippen molar-refractivity contribution in [2.75, 3.05) is 12.7 Å². The minimum atomic E-state index is -2.23. The number of hydrogen-bond acceptors (Lipinski definition) is 3. The van der Waals surface area contributed by atoms with Crippen LogP contribution < -0.4 is 0 Å². The Bertz CT molecular complexity index is 639. The van der Waals surface area contributed by atoms with Gasteiger partial charge < -0.3 is 0 Å². The third-order valence-electron chi connectivity index (χ3n) is 2.97. The predicted octanol–water partition coefficient (Wildman–Crippen LogP) is 2.80. The van der Waals surface area contributed by atoms with Gasteiger partial charge in [-0.25, -0.2) is 5.06 Å². The highest BCUT2D eigenvalue weighted by atomic mass is 31.1. The first kappa shape index (κ1) is 14.6. The summed E-state index contributed by atoms with van der Waals surface area (Å²) in [4.78, 5) is 20.9. The van der Waals surface area contributed by atoms with E-state index in [-0.39, 0.29) is 19.1 Å². The van der Waals surface area contributed by atoms with E-state index in [4.69, 9.17) is 4.89 Å². The Balaban J connectivity index is 2.16. The Morgan fingerprint density at radius 1 is 1.15 bits per heavy atom. The molecule has 0 aliphatic rings. The number of benzene rings is 2. The number of carbonyl (C=O) groups excluding carboxylic acids is 1. The Kier molecular flexibility index (Phi) is 4.79. The number of nitrogens with zero attached hydrogens (tertiary/aromatic N) is 1. The molecule has 2 aromatic carbocycles. The van der Waals surface area contributed by atoms with E-state index in [9.17, 15) is 14.6 Å². The van der Waals surface area contributed by atoms with E-state index in [2.05, 4.69) is 0 Å². The maximum Gasteiger partial charge on any atom is 0.505 e. The Hall–Kier alpha value is -1.81. The third-order valence-corrected chi connectivity index (χ3v) is 3.67. The fourth-order valence-electron chi connectivity index (χ4n) is 2.01. The fourth-order valence-corrected chi connectivity index (χ4v) is 2.42. The van der Waals surface area contributed by atoms with Crippen LogP contribution in [0.3, 0.4) is 0 Å². The quantitative estimate of drug-likeness (QED) is 0.504. The van der Waals surface area contributed by atoms with E-state index < -0.39 is 13.9 Å². The Morgan fingerprint density at radius 3 is 2.60 bits per heavy atom. The molecule has 0 aliphatic carbocycles. The second kappa shape index (κ2) is 6.57. The van der Waals surface area contributed by atoms with Crippen LogP contribution in [0.15, 0.2) is 42.5 Å². The predicted molar refractivity (Wildman–Crippen MR) is 76.1 cm³/mol. The van der Waals surface area contributed by atoms with Crippen LogP contribution in [0.4, 0.5) is 0 Å². The van der Waals surface area contributed by atoms with Crippen molar-refractivity contribution < 1.29 is 19.5 Å². The zero-order valence-electron chi connectivity index (χ0n) is 10.8. The van der Waals surface area contributed by atoms with E-state index in [0.29, 0.717) is 10.6 Å². The van der Waals surface area contributed by atoms with Gasteiger partial charge in [-0.05, 0) is 21.4 Å². The summed E-state index contributed by atoms with van der Waals surface area (Å²) in [7, 11) is -2.23. The van der Waals surface area contributed by atoms with Crippen molar-refractivity contribution in [2.45, 2.75) is 6.42 Å². The van der Waals surface area contributed by atoms with E-state index in [1.54, 1.807) is 12.1 Å². The van der Waals surface area contributed by atoms with Gasteiger partial charge in [-0.3, -0.25) is 10.0 Å². The van der Waals surface area contributed by atoms with Gasteiger partial charge in [-0.15, -0.1) is 0 Å². The summed E-state index contributed by atoms with van der Waals surface area (Å²) in [5.41, 5.74) is 0.416. The lowest BCUT2D eigenvalue weighted by molar-refractivity contribution is -0.0575. The van der Waals surface area contributed by atoms with Gasteiger partial charge in [0, 0.05) is 12.0 Å². The van der Waals surface area contributed by atoms with Crippen molar-refractivity contribution in [1.29, 1.82) is 0 Å². The molecule has 2 rings (SSSR count). The largest absolute Gasteiger partial charge is 0.505 e. The van der Waals surface area contributed by atoms with Gasteiger partial charge in [0.25, 0.3) is 5.91 Å². The summed E-state index contributed by atoms with van der Waals surface area (Å²) in [6, 6.07) is 12.7. The van der Waals surface area contributed by atoms with Crippen LogP contribution in [0.1, 0.15) is 16.8 Å². The first-order valence-electron chi connectivity index (χ1n) is 6.21. The molecule has 1 amide bonds. The molecule has 1 unspecified atom stereocenters. The smallest absolute Gasteiger partial charge is 0.286 e. The van der Waals surface area contributed by atoms with Crippen LogP contribution in [-0.4, -0.2) is 33.8 Å². The highest BCUT2D eigenvalue weighted by Gasteiger charge is 2.18. The van der Waals surface area contributed by atoms with Crippen molar-refractivity contribution in [3.63, 3.8) is 0 Å². The summed E-state index contributed by atoms with van der Waals surface area (Å²) < 4.78 is 10.6. The maximum absolute atomic E-state index is 12.2. The van der Waals surface area contributed by atoms with Crippen molar-refractivity contribution in [3.05, 3.63) is 48.0 Å². The second-order valence-electron chi connectivity index (χ2n) is 4.38. The Morgan fingerprint density at radius 2 is 1.85 bits per heavy atom. The average Bonchev–Trinajstić information content (AvgIpc) is 2.45. The second-order valence-corrected chi connectivity index (χ2v) is 5.54. The minimum Gasteiger partial charge on any atom is -0.286 e. The first-order chi connectivity index (χ1) is 9.59. The first-order valence-corrected chi connectivity index (χ1v) is 7.61. The zero-order chi connectivity index (χ0) is 14.5. The van der Waals surface area contributed by atoms with Gasteiger partial charge in [0.2, 0.25) is 0 Å². The van der Waals surface area contributed by atoms with E-state index in [1.165, 1.54) is 0 Å². The molecule has 0 fully saturated rings. The van der Waals surface area contributed by atoms with Gasteiger partial charge in [-0.2, -0.15) is 4.89 Å². The molecular weight excluding hydrogens is 277 g/mol. The molecule has 0 saturated heterocycles. The monoisotopic (exact) mass is 292 g/mol. The van der Waals surface area contributed by atoms with Crippen LogP contribution in [0.25, 0.3) is 10.8 Å². The Labute approximate surface area is 117 Å². The van der Waals surface area contributed by atoms with Gasteiger partial charge >= 0.3 is 8.03 Å². The molecule has 2 aromatic rings. The highest BCUT2D eigenvalue weighted by molar-refractivity contribution is 7.37. The van der Waals surface area contributed by atoms with E-state index >= 15 is 0 Å². The summed E-state index contributed by atoms with van der Waals surface area (Å²) in [5.74, 6) is -0.505. The lowest BCUT2D eigenvalue weighted by Gasteiger charge is -2.15. The number of fused-ring (bicyclic) bond motifs is 1. The van der Waals surface area contributed by atoms with Crippen molar-refractivity contribution in [2.24, 2.45) is 0 Å². The van der Waals surface area contributed by atoms with Gasteiger partial charge in [-0.1, -0.05) is 36.4 Å². The van der Waals surface area contributed by atoms with Crippen LogP contribution in [0, 0.1) is 0 Å². The molecule has 0 spiro atoms. The van der Waals surface area contributed by atoms with Gasteiger partial charge in [0.15, 0.2) is 6.16 Å². The van der Waals surface area contributed by atoms with E-state index in [1.807, 2.05) is 30.3 Å². The molecule has 0 heterocycles. The zero-order valence-corrected chi connectivity index (χ0v) is 11.7. The summed E-state index contributed by atoms with van der Waals surface area (Å²) in [6.45, 7) is 0.0314. The van der Waals surface area contributed by atoms with Crippen LogP contribution in [0.5, 0.6) is 0 Å². The average molecular weight is 292 g/mol. The fraction of sp³-hybridized carbons (Fsp3) is 0.214. The van der Waals surface area contributed by atoms with Crippen LogP contribution >= 0.6 is 8.03 Å². The van der Waals surface area contributed by atoms with Crippen molar-refractivity contribution >= 4 is 24.7 Å². The van der Waals surface area contributed by atoms with Gasteiger partial charge in [0.1, 0.15) is 0 Å². The minimum absolute atomic E-state index is 0.0314. The lowest BCUT2D eigenvalue weighted by atomic mass is 10.0. The van der Waals surface area contributed by atoms with Crippen molar-refractivity contribution in [3.8, 4) is 0 Å². The molecule has 6 heteroatoms. The SMILES string of the molecule is O=C(c1cccc2ccccc12)N(O)CCC[P+](=O)O. The molecule has 2 N–H and O–H groups in total. The number of hydroxylamine groups is 2. The number of rotatable bonds is 5. The molecular formula is C14H15NO4P+. The third kappa shape index (κ3) is 3.39. The molecule has 5 nitrogen and oxygen atoms in total. The highest BCUT2D eigenvalue weighted by Crippen LogP contribution is 2.20. The molecule has 0 bridgehead atoms. The summed E-state index contributed by atoms with van der Waals surface area (Å²) >= 11 is 0. The molecule has 0 aromatic heterocycles. The van der Waals surface area contributed by atoms with Crippen LogP contribution in [-0.2, 0) is 4.57 Å². The summed E-state index contributed by atoms with van der Waals surface area (Å²) in [5, 5.41) is 12.0. The summed E-state index contributed by atoms with van der Waals surface area (Å²) in [6.07, 6.45) is 0.341. The van der Waals surface area contributed by atoms with Crippen LogP contribution in [0.2, 0.25) is 0 Å². The normalized spacial score (nSPS) is 11.4. The van der Waals surface area contributed by atoms with E-state index in [0.717, 1.165) is 10.8 Å². The van der Waals surface area contributed by atoms with Crippen molar-refractivity contribution in [1.82, 2.24) is 5.06 Å². The number of amides is 1. The maximum atomic E-state index is 12.2. The molecule has 104 valence electrons. The molecule has 0 saturated carbocycles. The molecule has 1 atom stereocenters.